The molecule has 1 unspecified atom stereocenters. The van der Waals surface area contributed by atoms with Gasteiger partial charge < -0.3 is 21.2 Å². The molecule has 0 saturated carbocycles. The van der Waals surface area contributed by atoms with Crippen LogP contribution in [0.4, 0.5) is 20.3 Å². The van der Waals surface area contributed by atoms with Crippen molar-refractivity contribution in [3.05, 3.63) is 50.4 Å². The van der Waals surface area contributed by atoms with Crippen molar-refractivity contribution >= 4 is 44.9 Å². The number of amides is 2. The zero-order chi connectivity index (χ0) is 27.2. The molecule has 4 rings (SSSR count). The van der Waals surface area contributed by atoms with Crippen LogP contribution in [0.5, 0.6) is 0 Å². The molecule has 0 aliphatic heterocycles. The number of hydrogen-bond acceptors (Lipinski definition) is 8. The number of fused-ring (bicyclic) bond motifs is 1. The van der Waals surface area contributed by atoms with E-state index in [1.807, 2.05) is 0 Å². The van der Waals surface area contributed by atoms with Crippen LogP contribution in [0.2, 0.25) is 0 Å². The lowest BCUT2D eigenvalue weighted by molar-refractivity contribution is -0.389. The molecule has 1 atom stereocenters. The summed E-state index contributed by atoms with van der Waals surface area (Å²) < 4.78 is 30.2. The molecular weight excluding hydrogens is 510 g/mol. The molecule has 37 heavy (non-hydrogen) atoms. The molecule has 3 N–H and O–H groups in total. The minimum absolute atomic E-state index is 0.0157. The molecule has 0 fully saturated rings. The SMILES string of the molecule is Cc1nn(C)cc1-c1cc(C(F)F)nc2sc(C(N)=O)c(NC(=O)C(C)Cn3nc([N+](=O)[O-])cc3C)c12. The van der Waals surface area contributed by atoms with Crippen molar-refractivity contribution in [2.75, 3.05) is 5.32 Å². The molecule has 0 spiro atoms. The lowest BCUT2D eigenvalue weighted by Gasteiger charge is -2.14. The third-order valence-electron chi connectivity index (χ3n) is 5.73. The summed E-state index contributed by atoms with van der Waals surface area (Å²) in [5.74, 6) is -2.49. The number of hydrogen-bond donors (Lipinski definition) is 2. The van der Waals surface area contributed by atoms with Crippen molar-refractivity contribution in [2.24, 2.45) is 18.7 Å². The highest BCUT2D eigenvalue weighted by Crippen LogP contribution is 2.43. The van der Waals surface area contributed by atoms with Crippen LogP contribution < -0.4 is 11.1 Å². The number of carbonyl (C=O) groups excluding carboxylic acids is 2. The quantitative estimate of drug-likeness (QED) is 0.258. The third kappa shape index (κ3) is 4.89. The van der Waals surface area contributed by atoms with E-state index in [0.29, 0.717) is 22.5 Å². The Balaban J connectivity index is 1.80. The van der Waals surface area contributed by atoms with Gasteiger partial charge in [0.15, 0.2) is 0 Å². The number of thiophene rings is 1. The summed E-state index contributed by atoms with van der Waals surface area (Å²) in [6.45, 7) is 4.93. The van der Waals surface area contributed by atoms with Crippen LogP contribution in [-0.2, 0) is 18.4 Å². The van der Waals surface area contributed by atoms with Crippen LogP contribution in [0.1, 0.15) is 40.1 Å². The first kappa shape index (κ1) is 25.8. The van der Waals surface area contributed by atoms with Gasteiger partial charge >= 0.3 is 5.82 Å². The average molecular weight is 533 g/mol. The Kier molecular flexibility index (Phi) is 6.73. The van der Waals surface area contributed by atoms with Gasteiger partial charge in [0.2, 0.25) is 5.91 Å². The average Bonchev–Trinajstić information content (AvgIpc) is 3.48. The van der Waals surface area contributed by atoms with Gasteiger partial charge in [0.1, 0.15) is 15.4 Å². The van der Waals surface area contributed by atoms with Gasteiger partial charge in [-0.3, -0.25) is 14.3 Å². The second-order valence-corrected chi connectivity index (χ2v) is 9.52. The highest BCUT2D eigenvalue weighted by molar-refractivity contribution is 7.21. The number of nitrogens with zero attached hydrogens (tertiary/aromatic N) is 6. The first-order valence-electron chi connectivity index (χ1n) is 10.9. The van der Waals surface area contributed by atoms with Crippen LogP contribution in [0.15, 0.2) is 18.3 Å². The van der Waals surface area contributed by atoms with Crippen LogP contribution in [0.3, 0.4) is 0 Å². The van der Waals surface area contributed by atoms with Gasteiger partial charge in [0.05, 0.1) is 40.7 Å². The number of carbonyl (C=O) groups is 2. The van der Waals surface area contributed by atoms with Crippen molar-refractivity contribution in [3.8, 4) is 11.1 Å². The first-order chi connectivity index (χ1) is 17.4. The molecule has 0 aliphatic carbocycles. The monoisotopic (exact) mass is 532 g/mol. The largest absolute Gasteiger partial charge is 0.390 e. The van der Waals surface area contributed by atoms with Crippen molar-refractivity contribution in [3.63, 3.8) is 0 Å². The number of halogens is 2. The van der Waals surface area contributed by atoms with E-state index < -0.39 is 34.8 Å². The fraction of sp³-hybridized carbons (Fsp3) is 0.318. The molecular formula is C22H22F2N8O4S. The van der Waals surface area contributed by atoms with E-state index in [4.69, 9.17) is 5.73 Å². The van der Waals surface area contributed by atoms with Crippen LogP contribution in [0, 0.1) is 29.9 Å². The Hall–Kier alpha value is -4.27. The Morgan fingerprint density at radius 1 is 1.24 bits per heavy atom. The Morgan fingerprint density at radius 2 is 1.95 bits per heavy atom. The number of rotatable bonds is 8. The summed E-state index contributed by atoms with van der Waals surface area (Å²) in [7, 11) is 1.68. The second kappa shape index (κ2) is 9.65. The predicted octanol–water partition coefficient (Wildman–Crippen LogP) is 3.73. The molecule has 194 valence electrons. The number of anilines is 1. The lowest BCUT2D eigenvalue weighted by Crippen LogP contribution is -2.26. The summed E-state index contributed by atoms with van der Waals surface area (Å²) in [6, 6.07) is 2.50. The fourth-order valence-electron chi connectivity index (χ4n) is 3.95. The maximum Gasteiger partial charge on any atom is 0.390 e. The van der Waals surface area contributed by atoms with Crippen molar-refractivity contribution in [1.29, 1.82) is 0 Å². The van der Waals surface area contributed by atoms with Gasteiger partial charge in [0.25, 0.3) is 12.3 Å². The van der Waals surface area contributed by atoms with E-state index in [2.05, 4.69) is 20.5 Å². The van der Waals surface area contributed by atoms with Gasteiger partial charge in [0, 0.05) is 24.2 Å². The molecule has 0 aromatic carbocycles. The van der Waals surface area contributed by atoms with Crippen LogP contribution in [-0.4, -0.2) is 41.3 Å². The summed E-state index contributed by atoms with van der Waals surface area (Å²) in [5.41, 5.74) is 7.01. The van der Waals surface area contributed by atoms with Gasteiger partial charge in [-0.15, -0.1) is 11.3 Å². The lowest BCUT2D eigenvalue weighted by atomic mass is 10.0. The normalized spacial score (nSPS) is 12.3. The molecule has 0 bridgehead atoms. The zero-order valence-electron chi connectivity index (χ0n) is 20.2. The van der Waals surface area contributed by atoms with Crippen LogP contribution >= 0.6 is 11.3 Å². The molecule has 0 saturated heterocycles. The molecule has 4 aromatic heterocycles. The summed E-state index contributed by atoms with van der Waals surface area (Å²) in [5, 5.41) is 22.2. The zero-order valence-corrected chi connectivity index (χ0v) is 21.0. The van der Waals surface area contributed by atoms with Crippen molar-refractivity contribution in [2.45, 2.75) is 33.7 Å². The number of alkyl halides is 2. The second-order valence-electron chi connectivity index (χ2n) is 8.52. The van der Waals surface area contributed by atoms with E-state index >= 15 is 0 Å². The fourth-order valence-corrected chi connectivity index (χ4v) is 4.97. The van der Waals surface area contributed by atoms with E-state index in [-0.39, 0.29) is 33.1 Å². The molecule has 0 aliphatic rings. The molecule has 4 aromatic rings. The van der Waals surface area contributed by atoms with Gasteiger partial charge in [-0.05, 0) is 30.4 Å². The molecule has 0 radical (unpaired) electrons. The standard InChI is InChI=1S/C22H22F2N8O4S/c1-9(7-31-10(2)5-15(29-31)32(35)36)21(34)27-17-16-12(13-8-30(4)28-11(13)3)6-14(19(23)24)26-22(16)37-18(17)20(25)33/h5-6,8-9,19H,7H2,1-4H3,(H2,25,33)(H,27,34). The van der Waals surface area contributed by atoms with E-state index in [1.165, 1.54) is 21.5 Å². The maximum atomic E-state index is 13.7. The minimum atomic E-state index is -2.88. The smallest absolute Gasteiger partial charge is 0.365 e. The first-order valence-corrected chi connectivity index (χ1v) is 11.7. The molecule has 2 amide bonds. The highest BCUT2D eigenvalue weighted by atomic mass is 32.1. The third-order valence-corrected chi connectivity index (χ3v) is 6.83. The summed E-state index contributed by atoms with van der Waals surface area (Å²) in [6.07, 6.45) is -1.23. The van der Waals surface area contributed by atoms with Gasteiger partial charge in [-0.1, -0.05) is 6.92 Å². The van der Waals surface area contributed by atoms with Crippen molar-refractivity contribution < 1.29 is 23.3 Å². The Labute approximate surface area is 212 Å². The number of nitrogens with two attached hydrogens (primary N) is 1. The number of aryl methyl sites for hydroxylation is 3. The number of primary amides is 1. The van der Waals surface area contributed by atoms with Crippen molar-refractivity contribution in [1.82, 2.24) is 24.5 Å². The van der Waals surface area contributed by atoms with E-state index in [1.54, 1.807) is 34.0 Å². The van der Waals surface area contributed by atoms with Gasteiger partial charge in [-0.2, -0.15) is 9.78 Å². The summed E-state index contributed by atoms with van der Waals surface area (Å²) in [4.78, 5) is 39.9. The minimum Gasteiger partial charge on any atom is -0.365 e. The number of pyridine rings is 1. The number of nitrogens with one attached hydrogen (secondary N) is 1. The van der Waals surface area contributed by atoms with E-state index in [9.17, 15) is 28.5 Å². The van der Waals surface area contributed by atoms with Gasteiger partial charge in [-0.25, -0.2) is 13.8 Å². The molecule has 12 nitrogen and oxygen atoms in total. The maximum absolute atomic E-state index is 13.7. The Morgan fingerprint density at radius 3 is 2.49 bits per heavy atom. The Bertz CT molecular complexity index is 1560. The van der Waals surface area contributed by atoms with Crippen LogP contribution in [0.25, 0.3) is 21.3 Å². The molecule has 15 heteroatoms. The number of aromatic nitrogens is 5. The predicted molar refractivity (Wildman–Crippen MR) is 131 cm³/mol. The summed E-state index contributed by atoms with van der Waals surface area (Å²) >= 11 is 0.798. The van der Waals surface area contributed by atoms with E-state index in [0.717, 1.165) is 11.3 Å². The topological polar surface area (TPSA) is 164 Å². The highest BCUT2D eigenvalue weighted by Gasteiger charge is 2.28. The number of nitro groups is 1. The molecule has 4 heterocycles.